The van der Waals surface area contributed by atoms with Gasteiger partial charge in [-0.15, -0.1) is 0 Å². The van der Waals surface area contributed by atoms with Crippen molar-refractivity contribution in [2.24, 2.45) is 0 Å². The predicted molar refractivity (Wildman–Crippen MR) is 63.9 cm³/mol. The van der Waals surface area contributed by atoms with Crippen LogP contribution in [0.2, 0.25) is 0 Å². The number of piperidine rings is 1. The predicted octanol–water partition coefficient (Wildman–Crippen LogP) is 3.04. The van der Waals surface area contributed by atoms with Crippen molar-refractivity contribution < 1.29 is 18.3 Å². The highest BCUT2D eigenvalue weighted by molar-refractivity contribution is 7.15. The van der Waals surface area contributed by atoms with Gasteiger partial charge in [-0.05, 0) is 26.2 Å². The summed E-state index contributed by atoms with van der Waals surface area (Å²) in [6.45, 7) is 3.16. The van der Waals surface area contributed by atoms with Crippen LogP contribution < -0.4 is 4.90 Å². The van der Waals surface area contributed by atoms with Crippen LogP contribution in [0.4, 0.5) is 18.3 Å². The number of anilines is 1. The van der Waals surface area contributed by atoms with Crippen molar-refractivity contribution in [1.82, 2.24) is 4.98 Å². The molecule has 102 valence electrons. The maximum Gasteiger partial charge on any atom is 0.419 e. The maximum absolute atomic E-state index is 12.5. The van der Waals surface area contributed by atoms with Crippen LogP contribution >= 0.6 is 11.3 Å². The van der Waals surface area contributed by atoms with Gasteiger partial charge in [0, 0.05) is 13.1 Å². The normalized spacial score (nSPS) is 19.1. The first kappa shape index (κ1) is 13.6. The van der Waals surface area contributed by atoms with Crippen molar-refractivity contribution in [2.45, 2.75) is 38.5 Å². The van der Waals surface area contributed by atoms with Crippen LogP contribution in [0.1, 0.15) is 35.9 Å². The molecule has 7 heteroatoms. The van der Waals surface area contributed by atoms with Gasteiger partial charge in [0.05, 0.1) is 10.6 Å². The fourth-order valence-corrected chi connectivity index (χ4v) is 3.15. The second-order valence-corrected chi connectivity index (χ2v) is 5.45. The topological polar surface area (TPSA) is 36.4 Å². The summed E-state index contributed by atoms with van der Waals surface area (Å²) in [5.74, 6) is 0. The van der Waals surface area contributed by atoms with E-state index in [2.05, 4.69) is 4.98 Å². The van der Waals surface area contributed by atoms with Crippen LogP contribution in [0.5, 0.6) is 0 Å². The highest BCUT2D eigenvalue weighted by Gasteiger charge is 2.41. The van der Waals surface area contributed by atoms with Gasteiger partial charge in [-0.25, -0.2) is 4.98 Å². The molecule has 1 unspecified atom stereocenters. The number of aliphatic hydroxyl groups is 1. The molecule has 3 nitrogen and oxygen atoms in total. The molecule has 18 heavy (non-hydrogen) atoms. The minimum absolute atomic E-state index is 0.0944. The van der Waals surface area contributed by atoms with Gasteiger partial charge in [0.1, 0.15) is 0 Å². The smallest absolute Gasteiger partial charge is 0.379 e. The number of aromatic nitrogens is 1. The number of hydrogen-bond donors (Lipinski definition) is 1. The van der Waals surface area contributed by atoms with E-state index in [4.69, 9.17) is 0 Å². The van der Waals surface area contributed by atoms with E-state index in [1.165, 1.54) is 6.92 Å². The first-order valence-corrected chi connectivity index (χ1v) is 6.68. The van der Waals surface area contributed by atoms with Crippen LogP contribution in [0, 0.1) is 6.92 Å². The quantitative estimate of drug-likeness (QED) is 0.904. The Morgan fingerprint density at radius 1 is 1.28 bits per heavy atom. The van der Waals surface area contributed by atoms with E-state index in [1.54, 1.807) is 0 Å². The molecule has 1 aromatic heterocycles. The third kappa shape index (κ3) is 2.77. The Bertz CT molecular complexity index is 413. The average Bonchev–Trinajstić information content (AvgIpc) is 2.70. The first-order chi connectivity index (χ1) is 8.39. The number of hydrogen-bond acceptors (Lipinski definition) is 4. The molecule has 0 amide bonds. The average molecular weight is 280 g/mol. The summed E-state index contributed by atoms with van der Waals surface area (Å²) < 4.78 is 37.4. The molecular weight excluding hydrogens is 265 g/mol. The van der Waals surface area contributed by atoms with Crippen molar-refractivity contribution in [3.63, 3.8) is 0 Å². The number of rotatable bonds is 2. The molecular formula is C11H15F3N2OS. The van der Waals surface area contributed by atoms with Gasteiger partial charge in [-0.2, -0.15) is 13.2 Å². The van der Waals surface area contributed by atoms with Crippen LogP contribution in [-0.4, -0.2) is 29.4 Å². The second-order valence-electron chi connectivity index (χ2n) is 4.44. The van der Waals surface area contributed by atoms with Crippen LogP contribution in [-0.2, 0) is 0 Å². The van der Waals surface area contributed by atoms with Gasteiger partial charge >= 0.3 is 6.18 Å². The lowest BCUT2D eigenvalue weighted by Crippen LogP contribution is -2.29. The van der Waals surface area contributed by atoms with E-state index in [9.17, 15) is 18.3 Å². The Morgan fingerprint density at radius 2 is 1.89 bits per heavy atom. The van der Waals surface area contributed by atoms with Gasteiger partial charge in [0.25, 0.3) is 0 Å². The Kier molecular flexibility index (Phi) is 3.82. The molecule has 2 rings (SSSR count). The molecule has 0 saturated carbocycles. The summed E-state index contributed by atoms with van der Waals surface area (Å²) in [7, 11) is 0. The summed E-state index contributed by atoms with van der Waals surface area (Å²) in [6.07, 6.45) is -3.82. The van der Waals surface area contributed by atoms with Crippen molar-refractivity contribution in [3.05, 3.63) is 10.6 Å². The molecule has 1 saturated heterocycles. The highest BCUT2D eigenvalue weighted by Crippen LogP contribution is 2.39. The zero-order valence-corrected chi connectivity index (χ0v) is 10.8. The van der Waals surface area contributed by atoms with Gasteiger partial charge in [0.15, 0.2) is 11.2 Å². The number of aryl methyl sites for hydroxylation is 1. The Labute approximate surface area is 107 Å². The largest absolute Gasteiger partial charge is 0.419 e. The van der Waals surface area contributed by atoms with Gasteiger partial charge in [0.2, 0.25) is 0 Å². The Morgan fingerprint density at radius 3 is 2.44 bits per heavy atom. The van der Waals surface area contributed by atoms with Gasteiger partial charge in [-0.1, -0.05) is 11.3 Å². The fraction of sp³-hybridized carbons (Fsp3) is 0.727. The molecule has 0 spiro atoms. The molecule has 1 aromatic rings. The van der Waals surface area contributed by atoms with Crippen molar-refractivity contribution in [2.75, 3.05) is 18.0 Å². The third-order valence-electron chi connectivity index (χ3n) is 3.01. The van der Waals surface area contributed by atoms with Crippen molar-refractivity contribution >= 4 is 16.5 Å². The van der Waals surface area contributed by atoms with Crippen LogP contribution in [0.25, 0.3) is 0 Å². The SMILES string of the molecule is Cc1nc(N2CCCCC2)sc1C(O)C(F)(F)F. The molecule has 0 bridgehead atoms. The molecule has 0 radical (unpaired) electrons. The summed E-state index contributed by atoms with van der Waals surface area (Å²) in [5, 5.41) is 9.86. The molecule has 0 aromatic carbocycles. The second kappa shape index (κ2) is 5.05. The molecule has 2 heterocycles. The molecule has 1 atom stereocenters. The standard InChI is InChI=1S/C11H15F3N2OS/c1-7-8(9(17)11(12,13)14)18-10(15-7)16-5-3-2-4-6-16/h9,17H,2-6H2,1H3. The fourth-order valence-electron chi connectivity index (χ4n) is 2.02. The van der Waals surface area contributed by atoms with E-state index >= 15 is 0 Å². The lowest BCUT2D eigenvalue weighted by molar-refractivity contribution is -0.205. The van der Waals surface area contributed by atoms with Crippen LogP contribution in [0.15, 0.2) is 0 Å². The molecule has 1 fully saturated rings. The summed E-state index contributed by atoms with van der Waals surface area (Å²) >= 11 is 0.946. The Balaban J connectivity index is 2.21. The number of halogens is 3. The zero-order chi connectivity index (χ0) is 13.3. The van der Waals surface area contributed by atoms with E-state index in [0.717, 1.165) is 43.7 Å². The van der Waals surface area contributed by atoms with E-state index < -0.39 is 12.3 Å². The molecule has 1 aliphatic heterocycles. The summed E-state index contributed by atoms with van der Waals surface area (Å²) in [5.41, 5.74) is 0.269. The van der Waals surface area contributed by atoms with Gasteiger partial charge < -0.3 is 10.0 Å². The number of aliphatic hydroxyl groups excluding tert-OH is 1. The highest BCUT2D eigenvalue weighted by atomic mass is 32.1. The molecule has 1 aliphatic rings. The lowest BCUT2D eigenvalue weighted by atomic mass is 10.1. The summed E-state index contributed by atoms with van der Waals surface area (Å²) in [4.78, 5) is 6.05. The Hall–Kier alpha value is -0.820. The summed E-state index contributed by atoms with van der Waals surface area (Å²) in [6, 6.07) is 0. The van der Waals surface area contributed by atoms with Crippen molar-refractivity contribution in [3.8, 4) is 0 Å². The van der Waals surface area contributed by atoms with Crippen molar-refractivity contribution in [1.29, 1.82) is 0 Å². The zero-order valence-electron chi connectivity index (χ0n) is 10.00. The number of nitrogens with zero attached hydrogens (tertiary/aromatic N) is 2. The van der Waals surface area contributed by atoms with Crippen LogP contribution in [0.3, 0.4) is 0 Å². The lowest BCUT2D eigenvalue weighted by Gasteiger charge is -2.25. The van der Waals surface area contributed by atoms with E-state index in [1.807, 2.05) is 4.90 Å². The molecule has 1 N–H and O–H groups in total. The third-order valence-corrected chi connectivity index (χ3v) is 4.28. The minimum Gasteiger partial charge on any atom is -0.379 e. The monoisotopic (exact) mass is 280 g/mol. The molecule has 0 aliphatic carbocycles. The number of thiazole rings is 1. The van der Waals surface area contributed by atoms with E-state index in [0.29, 0.717) is 5.13 Å². The first-order valence-electron chi connectivity index (χ1n) is 5.86. The number of alkyl halides is 3. The minimum atomic E-state index is -4.63. The maximum atomic E-state index is 12.5. The van der Waals surface area contributed by atoms with E-state index in [-0.39, 0.29) is 10.6 Å². The van der Waals surface area contributed by atoms with Gasteiger partial charge in [-0.3, -0.25) is 0 Å².